The zero-order valence-electron chi connectivity index (χ0n) is 15.1. The van der Waals surface area contributed by atoms with Crippen molar-refractivity contribution in [2.45, 2.75) is 32.4 Å². The van der Waals surface area contributed by atoms with Gasteiger partial charge in [-0.2, -0.15) is 0 Å². The molecule has 6 heteroatoms. The van der Waals surface area contributed by atoms with Gasteiger partial charge in [0.2, 0.25) is 5.91 Å². The lowest BCUT2D eigenvalue weighted by Gasteiger charge is -2.38. The number of halogens is 1. The van der Waals surface area contributed by atoms with Gasteiger partial charge in [-0.3, -0.25) is 9.69 Å². The Morgan fingerprint density at radius 2 is 2.08 bits per heavy atom. The number of benzene rings is 1. The van der Waals surface area contributed by atoms with Crippen molar-refractivity contribution < 1.29 is 13.9 Å². The minimum atomic E-state index is -0.246. The van der Waals surface area contributed by atoms with E-state index in [1.54, 1.807) is 13.2 Å². The number of rotatable bonds is 4. The van der Waals surface area contributed by atoms with E-state index in [-0.39, 0.29) is 11.7 Å². The zero-order valence-corrected chi connectivity index (χ0v) is 15.1. The van der Waals surface area contributed by atoms with Crippen molar-refractivity contribution in [3.05, 3.63) is 29.6 Å². The maximum absolute atomic E-state index is 13.5. The van der Waals surface area contributed by atoms with Crippen molar-refractivity contribution >= 4 is 5.91 Å². The second-order valence-corrected chi connectivity index (χ2v) is 7.13. The average Bonchev–Trinajstić information content (AvgIpc) is 2.62. The second kappa shape index (κ2) is 8.15. The molecule has 138 valence electrons. The highest BCUT2D eigenvalue weighted by atomic mass is 19.1. The first-order valence-electron chi connectivity index (χ1n) is 9.13. The van der Waals surface area contributed by atoms with Crippen molar-refractivity contribution in [3.63, 3.8) is 0 Å². The number of hydrogen-bond donors (Lipinski definition) is 1. The molecule has 2 fully saturated rings. The van der Waals surface area contributed by atoms with Crippen molar-refractivity contribution in [3.8, 4) is 5.75 Å². The molecule has 25 heavy (non-hydrogen) atoms. The molecule has 0 saturated carbocycles. The van der Waals surface area contributed by atoms with Crippen LogP contribution in [0, 0.1) is 11.7 Å². The first kappa shape index (κ1) is 18.1. The van der Waals surface area contributed by atoms with Crippen LogP contribution in [-0.4, -0.2) is 61.6 Å². The molecule has 2 saturated heterocycles. The summed E-state index contributed by atoms with van der Waals surface area (Å²) in [6.07, 6.45) is 1.86. The Morgan fingerprint density at radius 3 is 2.76 bits per heavy atom. The molecule has 1 N–H and O–H groups in total. The van der Waals surface area contributed by atoms with Crippen molar-refractivity contribution in [2.24, 2.45) is 5.92 Å². The van der Waals surface area contributed by atoms with Gasteiger partial charge in [-0.25, -0.2) is 4.39 Å². The summed E-state index contributed by atoms with van der Waals surface area (Å²) in [4.78, 5) is 17.0. The summed E-state index contributed by atoms with van der Waals surface area (Å²) >= 11 is 0. The van der Waals surface area contributed by atoms with E-state index in [4.69, 9.17) is 4.74 Å². The Kier molecular flexibility index (Phi) is 5.91. The third-order valence-electron chi connectivity index (χ3n) is 5.29. The van der Waals surface area contributed by atoms with Crippen molar-refractivity contribution in [2.75, 3.05) is 39.8 Å². The van der Waals surface area contributed by atoms with Crippen LogP contribution in [0.5, 0.6) is 5.75 Å². The number of carbonyl (C=O) groups excluding carboxylic acids is 1. The molecular formula is C19H28FN3O2. The molecule has 3 rings (SSSR count). The molecule has 0 aliphatic carbocycles. The number of piperidine rings is 1. The van der Waals surface area contributed by atoms with Gasteiger partial charge >= 0.3 is 0 Å². The van der Waals surface area contributed by atoms with Gasteiger partial charge in [0, 0.05) is 50.2 Å². The van der Waals surface area contributed by atoms with E-state index >= 15 is 0 Å². The number of hydrogen-bond acceptors (Lipinski definition) is 4. The number of nitrogens with one attached hydrogen (secondary N) is 1. The number of carbonyl (C=O) groups is 1. The van der Waals surface area contributed by atoms with Crippen LogP contribution in [0.4, 0.5) is 4.39 Å². The van der Waals surface area contributed by atoms with Crippen LogP contribution in [0.15, 0.2) is 18.2 Å². The maximum Gasteiger partial charge on any atom is 0.225 e. The van der Waals surface area contributed by atoms with Crippen LogP contribution in [0.2, 0.25) is 0 Å². The minimum absolute atomic E-state index is 0.158. The molecule has 2 aliphatic rings. The molecule has 1 aromatic rings. The summed E-state index contributed by atoms with van der Waals surface area (Å²) in [6, 6.07) is 5.04. The van der Waals surface area contributed by atoms with E-state index in [9.17, 15) is 9.18 Å². The van der Waals surface area contributed by atoms with Crippen LogP contribution in [0.1, 0.15) is 25.3 Å². The van der Waals surface area contributed by atoms with E-state index in [2.05, 4.69) is 17.1 Å². The van der Waals surface area contributed by atoms with Gasteiger partial charge in [0.15, 0.2) is 0 Å². The van der Waals surface area contributed by atoms with E-state index in [1.807, 2.05) is 4.90 Å². The maximum atomic E-state index is 13.5. The number of piperazine rings is 1. The van der Waals surface area contributed by atoms with Gasteiger partial charge in [0.1, 0.15) is 11.6 Å². The normalized spacial score (nSPS) is 25.0. The topological polar surface area (TPSA) is 44.8 Å². The van der Waals surface area contributed by atoms with Gasteiger partial charge in [-0.15, -0.1) is 0 Å². The molecule has 1 aromatic carbocycles. The zero-order chi connectivity index (χ0) is 17.8. The molecule has 0 radical (unpaired) electrons. The summed E-state index contributed by atoms with van der Waals surface area (Å²) < 4.78 is 18.8. The van der Waals surface area contributed by atoms with E-state index in [0.29, 0.717) is 24.2 Å². The summed E-state index contributed by atoms with van der Waals surface area (Å²) in [5, 5.41) is 3.40. The second-order valence-electron chi connectivity index (χ2n) is 7.13. The molecule has 0 bridgehead atoms. The fourth-order valence-corrected chi connectivity index (χ4v) is 3.85. The first-order chi connectivity index (χ1) is 12.1. The smallest absolute Gasteiger partial charge is 0.225 e. The summed E-state index contributed by atoms with van der Waals surface area (Å²) in [5.74, 6) is 0.927. The monoisotopic (exact) mass is 349 g/mol. The fourth-order valence-electron chi connectivity index (χ4n) is 3.85. The van der Waals surface area contributed by atoms with Crippen molar-refractivity contribution in [1.29, 1.82) is 0 Å². The number of nitrogens with zero attached hydrogens (tertiary/aromatic N) is 2. The van der Waals surface area contributed by atoms with E-state index < -0.39 is 0 Å². The van der Waals surface area contributed by atoms with Gasteiger partial charge < -0.3 is 15.0 Å². The highest BCUT2D eigenvalue weighted by Crippen LogP contribution is 2.23. The number of ether oxygens (including phenoxy) is 1. The molecule has 1 amide bonds. The van der Waals surface area contributed by atoms with Crippen LogP contribution >= 0.6 is 0 Å². The molecule has 2 aliphatic heterocycles. The summed E-state index contributed by atoms with van der Waals surface area (Å²) in [7, 11) is 1.60. The number of methoxy groups -OCH3 is 1. The first-order valence-corrected chi connectivity index (χ1v) is 9.13. The molecule has 0 unspecified atom stereocenters. The Hall–Kier alpha value is -1.66. The molecular weight excluding hydrogens is 321 g/mol. The SMILES string of the molecule is COc1ccc(F)cc1CN1CCN(C(=O)[C@H]2CCN[C@@H](C)C2)CC1. The van der Waals surface area contributed by atoms with Crippen LogP contribution in [0.3, 0.4) is 0 Å². The average molecular weight is 349 g/mol. The molecule has 2 heterocycles. The van der Waals surface area contributed by atoms with Gasteiger partial charge in [-0.1, -0.05) is 0 Å². The van der Waals surface area contributed by atoms with Crippen LogP contribution in [0.25, 0.3) is 0 Å². The van der Waals surface area contributed by atoms with Gasteiger partial charge in [0.25, 0.3) is 0 Å². The predicted molar refractivity (Wildman–Crippen MR) is 95.0 cm³/mol. The predicted octanol–water partition coefficient (Wildman–Crippen LogP) is 1.87. The third kappa shape index (κ3) is 4.50. The van der Waals surface area contributed by atoms with Crippen molar-refractivity contribution in [1.82, 2.24) is 15.1 Å². The van der Waals surface area contributed by atoms with Gasteiger partial charge in [-0.05, 0) is 44.5 Å². The Morgan fingerprint density at radius 1 is 1.32 bits per heavy atom. The third-order valence-corrected chi connectivity index (χ3v) is 5.29. The lowest BCUT2D eigenvalue weighted by Crippen LogP contribution is -2.51. The lowest BCUT2D eigenvalue weighted by molar-refractivity contribution is -0.138. The minimum Gasteiger partial charge on any atom is -0.496 e. The molecule has 0 spiro atoms. The van der Waals surface area contributed by atoms with E-state index in [0.717, 1.165) is 51.1 Å². The Bertz CT molecular complexity index is 602. The Labute approximate surface area is 149 Å². The Balaban J connectivity index is 1.53. The number of amides is 1. The summed E-state index contributed by atoms with van der Waals surface area (Å²) in [6.45, 7) is 6.83. The highest BCUT2D eigenvalue weighted by Gasteiger charge is 2.30. The molecule has 5 nitrogen and oxygen atoms in total. The molecule has 0 aromatic heterocycles. The lowest BCUT2D eigenvalue weighted by atomic mass is 9.92. The fraction of sp³-hybridized carbons (Fsp3) is 0.632. The van der Waals surface area contributed by atoms with Crippen LogP contribution < -0.4 is 10.1 Å². The van der Waals surface area contributed by atoms with Crippen LogP contribution in [-0.2, 0) is 11.3 Å². The quantitative estimate of drug-likeness (QED) is 0.901. The molecule has 2 atom stereocenters. The van der Waals surface area contributed by atoms with Gasteiger partial charge in [0.05, 0.1) is 7.11 Å². The summed E-state index contributed by atoms with van der Waals surface area (Å²) in [5.41, 5.74) is 0.856. The largest absolute Gasteiger partial charge is 0.496 e. The highest BCUT2D eigenvalue weighted by molar-refractivity contribution is 5.79. The van der Waals surface area contributed by atoms with E-state index in [1.165, 1.54) is 12.1 Å². The standard InChI is InChI=1S/C19H28FN3O2/c1-14-11-15(5-6-21-14)19(24)23-9-7-22(8-10-23)13-16-12-17(20)3-4-18(16)25-2/h3-4,12,14-15,21H,5-11,13H2,1-2H3/t14-,15-/m0/s1.